The predicted molar refractivity (Wildman–Crippen MR) is 108 cm³/mol. The lowest BCUT2D eigenvalue weighted by atomic mass is 10.2. The first-order chi connectivity index (χ1) is 13.2. The molecule has 6 nitrogen and oxygen atoms in total. The maximum atomic E-state index is 11.8. The summed E-state index contributed by atoms with van der Waals surface area (Å²) in [6, 6.07) is 11.2. The zero-order valence-electron chi connectivity index (χ0n) is 14.8. The largest absolute Gasteiger partial charge is 0.484 e. The first kappa shape index (κ1) is 19.7. The molecule has 27 heavy (non-hydrogen) atoms. The molecule has 0 unspecified atom stereocenters. The van der Waals surface area contributed by atoms with E-state index in [1.807, 2.05) is 35.7 Å². The fraction of sp³-hybridized carbons (Fsp3) is 0.368. The summed E-state index contributed by atoms with van der Waals surface area (Å²) in [5.41, 5.74) is 1.29. The highest BCUT2D eigenvalue weighted by Crippen LogP contribution is 2.43. The summed E-state index contributed by atoms with van der Waals surface area (Å²) in [5.74, 6) is 2.80. The van der Waals surface area contributed by atoms with Crippen LogP contribution in [0.25, 0.3) is 0 Å². The molecular weight excluding hydrogens is 384 g/mol. The fourth-order valence-corrected chi connectivity index (χ4v) is 5.37. The lowest BCUT2D eigenvalue weighted by Crippen LogP contribution is -2.36. The molecule has 0 radical (unpaired) electrons. The van der Waals surface area contributed by atoms with Crippen LogP contribution in [0.15, 0.2) is 47.1 Å². The second kappa shape index (κ2) is 10.3. The molecule has 2 N–H and O–H groups in total. The molecule has 0 aliphatic carbocycles. The van der Waals surface area contributed by atoms with Gasteiger partial charge in [0.25, 0.3) is 11.8 Å². The molecule has 0 saturated carbocycles. The van der Waals surface area contributed by atoms with Crippen molar-refractivity contribution >= 4 is 35.3 Å². The number of thioether (sulfide) groups is 2. The van der Waals surface area contributed by atoms with Crippen LogP contribution in [0.3, 0.4) is 0 Å². The van der Waals surface area contributed by atoms with Crippen molar-refractivity contribution in [3.8, 4) is 5.75 Å². The first-order valence-electron chi connectivity index (χ1n) is 8.77. The molecule has 0 bridgehead atoms. The minimum Gasteiger partial charge on any atom is -0.484 e. The van der Waals surface area contributed by atoms with Crippen LogP contribution in [-0.4, -0.2) is 43.0 Å². The number of hydrogen-bond donors (Lipinski definition) is 2. The Morgan fingerprint density at radius 2 is 1.81 bits per heavy atom. The fourth-order valence-electron chi connectivity index (χ4n) is 2.47. The standard InChI is InChI=1S/C19H22N2O4S2/c22-17(20-8-9-21-18(23)16-3-1-10-24-16)13-25-15-6-4-14(5-7-15)19-26-11-2-12-27-19/h1,3-7,10,19H,2,8-9,11-13H2,(H,20,22)(H,21,23). The molecule has 0 atom stereocenters. The molecule has 1 aliphatic heterocycles. The van der Waals surface area contributed by atoms with E-state index in [0.717, 1.165) is 0 Å². The number of nitrogens with one attached hydrogen (secondary N) is 2. The Kier molecular flexibility index (Phi) is 7.53. The highest BCUT2D eigenvalue weighted by Gasteiger charge is 2.16. The highest BCUT2D eigenvalue weighted by atomic mass is 32.2. The van der Waals surface area contributed by atoms with Gasteiger partial charge in [-0.1, -0.05) is 12.1 Å². The van der Waals surface area contributed by atoms with E-state index in [0.29, 0.717) is 23.4 Å². The molecule has 2 heterocycles. The van der Waals surface area contributed by atoms with Crippen LogP contribution in [0.1, 0.15) is 27.1 Å². The quantitative estimate of drug-likeness (QED) is 0.656. The number of amides is 2. The molecule has 8 heteroatoms. The minimum absolute atomic E-state index is 0.0571. The lowest BCUT2D eigenvalue weighted by molar-refractivity contribution is -0.123. The lowest BCUT2D eigenvalue weighted by Gasteiger charge is -2.21. The van der Waals surface area contributed by atoms with Gasteiger partial charge in [0.15, 0.2) is 12.4 Å². The Balaban J connectivity index is 1.32. The van der Waals surface area contributed by atoms with Crippen LogP contribution in [0.5, 0.6) is 5.75 Å². The number of carbonyl (C=O) groups is 2. The van der Waals surface area contributed by atoms with Crippen molar-refractivity contribution in [2.24, 2.45) is 0 Å². The van der Waals surface area contributed by atoms with Gasteiger partial charge in [-0.15, -0.1) is 23.5 Å². The molecule has 0 spiro atoms. The average molecular weight is 407 g/mol. The number of furan rings is 1. The molecule has 1 aromatic heterocycles. The molecule has 2 aromatic rings. The van der Waals surface area contributed by atoms with Crippen LogP contribution in [-0.2, 0) is 4.79 Å². The monoisotopic (exact) mass is 406 g/mol. The van der Waals surface area contributed by atoms with E-state index in [9.17, 15) is 9.59 Å². The molecule has 1 saturated heterocycles. The van der Waals surface area contributed by atoms with Crippen LogP contribution >= 0.6 is 23.5 Å². The maximum Gasteiger partial charge on any atom is 0.287 e. The average Bonchev–Trinajstić information content (AvgIpc) is 3.25. The van der Waals surface area contributed by atoms with Gasteiger partial charge in [-0.25, -0.2) is 0 Å². The van der Waals surface area contributed by atoms with Gasteiger partial charge in [0.05, 0.1) is 10.8 Å². The van der Waals surface area contributed by atoms with Gasteiger partial charge in [0.1, 0.15) is 5.75 Å². The van der Waals surface area contributed by atoms with Crippen LogP contribution in [0.4, 0.5) is 0 Å². The molecule has 1 aliphatic rings. The van der Waals surface area contributed by atoms with E-state index in [-0.39, 0.29) is 24.2 Å². The van der Waals surface area contributed by atoms with E-state index < -0.39 is 0 Å². The Morgan fingerprint density at radius 3 is 2.52 bits per heavy atom. The Labute approximate surface area is 166 Å². The number of benzene rings is 1. The zero-order chi connectivity index (χ0) is 18.9. The normalized spacial score (nSPS) is 14.5. The van der Waals surface area contributed by atoms with E-state index >= 15 is 0 Å². The minimum atomic E-state index is -0.306. The third-order valence-corrected chi connectivity index (χ3v) is 6.84. The van der Waals surface area contributed by atoms with Gasteiger partial charge in [-0.2, -0.15) is 0 Å². The zero-order valence-corrected chi connectivity index (χ0v) is 16.4. The summed E-state index contributed by atoms with van der Waals surface area (Å²) in [4.78, 5) is 23.5. The SMILES string of the molecule is O=C(COc1ccc(C2SCCCS2)cc1)NCCNC(=O)c1ccco1. The van der Waals surface area contributed by atoms with Crippen LogP contribution in [0, 0.1) is 0 Å². The maximum absolute atomic E-state index is 11.8. The third kappa shape index (κ3) is 6.25. The molecule has 144 valence electrons. The number of hydrogen-bond acceptors (Lipinski definition) is 6. The summed E-state index contributed by atoms with van der Waals surface area (Å²) in [6.45, 7) is 0.582. The van der Waals surface area contributed by atoms with Crippen LogP contribution < -0.4 is 15.4 Å². The number of rotatable bonds is 8. The highest BCUT2D eigenvalue weighted by molar-refractivity contribution is 8.16. The summed E-state index contributed by atoms with van der Waals surface area (Å²) in [5, 5.41) is 5.36. The van der Waals surface area contributed by atoms with Crippen molar-refractivity contribution in [1.29, 1.82) is 0 Å². The van der Waals surface area contributed by atoms with Crippen molar-refractivity contribution in [1.82, 2.24) is 10.6 Å². The molecular formula is C19H22N2O4S2. The summed E-state index contributed by atoms with van der Waals surface area (Å²) < 4.78 is 11.0. The van der Waals surface area contributed by atoms with Gasteiger partial charge < -0.3 is 19.8 Å². The molecule has 2 amide bonds. The molecule has 3 rings (SSSR count). The third-order valence-electron chi connectivity index (χ3n) is 3.83. The van der Waals surface area contributed by atoms with Gasteiger partial charge in [-0.05, 0) is 47.8 Å². The Morgan fingerprint density at radius 1 is 1.07 bits per heavy atom. The smallest absolute Gasteiger partial charge is 0.287 e. The van der Waals surface area contributed by atoms with Gasteiger partial charge in [0, 0.05) is 13.1 Å². The van der Waals surface area contributed by atoms with E-state index in [2.05, 4.69) is 22.8 Å². The van der Waals surface area contributed by atoms with Crippen molar-refractivity contribution in [3.05, 3.63) is 54.0 Å². The predicted octanol–water partition coefficient (Wildman–Crippen LogP) is 3.07. The van der Waals surface area contributed by atoms with E-state index in [4.69, 9.17) is 9.15 Å². The number of ether oxygens (including phenoxy) is 1. The Bertz CT molecular complexity index is 729. The van der Waals surface area contributed by atoms with Gasteiger partial charge in [0.2, 0.25) is 0 Å². The summed E-state index contributed by atoms with van der Waals surface area (Å²) in [7, 11) is 0. The van der Waals surface area contributed by atoms with Gasteiger partial charge >= 0.3 is 0 Å². The molecule has 1 fully saturated rings. The molecule has 1 aromatic carbocycles. The Hall–Kier alpha value is -2.06. The van der Waals surface area contributed by atoms with Crippen molar-refractivity contribution in [2.45, 2.75) is 11.0 Å². The number of carbonyl (C=O) groups excluding carboxylic acids is 2. The summed E-state index contributed by atoms with van der Waals surface area (Å²) >= 11 is 3.95. The topological polar surface area (TPSA) is 80.6 Å². The van der Waals surface area contributed by atoms with E-state index in [1.165, 1.54) is 29.8 Å². The van der Waals surface area contributed by atoms with Crippen molar-refractivity contribution in [2.75, 3.05) is 31.2 Å². The second-order valence-corrected chi connectivity index (χ2v) is 8.59. The van der Waals surface area contributed by atoms with Crippen molar-refractivity contribution < 1.29 is 18.7 Å². The first-order valence-corrected chi connectivity index (χ1v) is 10.9. The van der Waals surface area contributed by atoms with E-state index in [1.54, 1.807) is 12.1 Å². The van der Waals surface area contributed by atoms with Crippen molar-refractivity contribution in [3.63, 3.8) is 0 Å². The summed E-state index contributed by atoms with van der Waals surface area (Å²) in [6.07, 6.45) is 2.71. The second-order valence-electron chi connectivity index (χ2n) is 5.87. The van der Waals surface area contributed by atoms with Crippen LogP contribution in [0.2, 0.25) is 0 Å². The van der Waals surface area contributed by atoms with Gasteiger partial charge in [-0.3, -0.25) is 9.59 Å².